The summed E-state index contributed by atoms with van der Waals surface area (Å²) < 4.78 is 5.43. The maximum Gasteiger partial charge on any atom is 0.141 e. The molecule has 0 amide bonds. The van der Waals surface area contributed by atoms with Crippen LogP contribution in [0.5, 0.6) is 5.75 Å². The molecule has 1 saturated carbocycles. The topological polar surface area (TPSA) is 34.2 Å². The third-order valence-corrected chi connectivity index (χ3v) is 3.67. The van der Waals surface area contributed by atoms with E-state index >= 15 is 0 Å². The van der Waals surface area contributed by atoms with Crippen molar-refractivity contribution in [2.75, 3.05) is 13.7 Å². The molecule has 1 fully saturated rings. The highest BCUT2D eigenvalue weighted by molar-refractivity contribution is 5.33. The summed E-state index contributed by atoms with van der Waals surface area (Å²) >= 11 is 0. The maximum absolute atomic E-state index is 5.43. The van der Waals surface area contributed by atoms with Gasteiger partial charge in [0.15, 0.2) is 0 Å². The van der Waals surface area contributed by atoms with Gasteiger partial charge in [0.2, 0.25) is 0 Å². The van der Waals surface area contributed by atoms with E-state index in [-0.39, 0.29) is 0 Å². The Morgan fingerprint density at radius 2 is 2.24 bits per heavy atom. The molecule has 1 aromatic heterocycles. The zero-order valence-corrected chi connectivity index (χ0v) is 10.8. The van der Waals surface area contributed by atoms with Crippen LogP contribution in [0.4, 0.5) is 0 Å². The van der Waals surface area contributed by atoms with E-state index in [0.717, 1.165) is 18.2 Å². The molecule has 0 saturated heterocycles. The lowest BCUT2D eigenvalue weighted by Crippen LogP contribution is -2.27. The lowest BCUT2D eigenvalue weighted by atomic mass is 9.91. The first kappa shape index (κ1) is 12.4. The van der Waals surface area contributed by atoms with E-state index in [1.807, 2.05) is 12.4 Å². The normalized spacial score (nSPS) is 18.2. The lowest BCUT2D eigenvalue weighted by molar-refractivity contribution is 0.348. The Bertz CT molecular complexity index is 348. The fourth-order valence-corrected chi connectivity index (χ4v) is 2.86. The van der Waals surface area contributed by atoms with Crippen LogP contribution in [0.15, 0.2) is 18.5 Å². The van der Waals surface area contributed by atoms with Crippen molar-refractivity contribution in [3.63, 3.8) is 0 Å². The number of hydrogen-bond donors (Lipinski definition) is 1. The molecule has 1 aliphatic carbocycles. The number of nitrogens with one attached hydrogen (secondary N) is 1. The van der Waals surface area contributed by atoms with Crippen LogP contribution in [0, 0.1) is 5.92 Å². The SMILES string of the molecule is CCNC(c1ccncc1OC)C1CCCC1. The highest BCUT2D eigenvalue weighted by Gasteiger charge is 2.27. The van der Waals surface area contributed by atoms with Crippen molar-refractivity contribution in [3.05, 3.63) is 24.0 Å². The summed E-state index contributed by atoms with van der Waals surface area (Å²) in [6.07, 6.45) is 9.04. The van der Waals surface area contributed by atoms with Gasteiger partial charge in [0, 0.05) is 17.8 Å². The van der Waals surface area contributed by atoms with Crippen molar-refractivity contribution in [1.29, 1.82) is 0 Å². The quantitative estimate of drug-likeness (QED) is 0.850. The molecule has 0 spiro atoms. The predicted octanol–water partition coefficient (Wildman–Crippen LogP) is 2.93. The second kappa shape index (κ2) is 6.01. The van der Waals surface area contributed by atoms with E-state index in [1.54, 1.807) is 7.11 Å². The second-order valence-electron chi connectivity index (χ2n) is 4.70. The zero-order valence-electron chi connectivity index (χ0n) is 10.8. The van der Waals surface area contributed by atoms with Crippen LogP contribution in [0.1, 0.15) is 44.2 Å². The molecule has 1 atom stereocenters. The number of nitrogens with zero attached hydrogens (tertiary/aromatic N) is 1. The molecule has 1 aromatic rings. The van der Waals surface area contributed by atoms with Gasteiger partial charge in [0.05, 0.1) is 13.3 Å². The van der Waals surface area contributed by atoms with Crippen LogP contribution >= 0.6 is 0 Å². The van der Waals surface area contributed by atoms with Crippen LogP contribution < -0.4 is 10.1 Å². The van der Waals surface area contributed by atoms with Gasteiger partial charge in [-0.25, -0.2) is 0 Å². The number of aromatic nitrogens is 1. The Kier molecular flexibility index (Phi) is 4.37. The van der Waals surface area contributed by atoms with Gasteiger partial charge in [0.25, 0.3) is 0 Å². The van der Waals surface area contributed by atoms with Crippen LogP contribution in [-0.2, 0) is 0 Å². The Hall–Kier alpha value is -1.09. The predicted molar refractivity (Wildman–Crippen MR) is 69.2 cm³/mol. The second-order valence-corrected chi connectivity index (χ2v) is 4.70. The molecule has 3 heteroatoms. The van der Waals surface area contributed by atoms with Crippen LogP contribution in [0.25, 0.3) is 0 Å². The average molecular weight is 234 g/mol. The first-order valence-electron chi connectivity index (χ1n) is 6.58. The zero-order chi connectivity index (χ0) is 12.1. The fourth-order valence-electron chi connectivity index (χ4n) is 2.86. The van der Waals surface area contributed by atoms with Gasteiger partial charge in [-0.2, -0.15) is 0 Å². The third kappa shape index (κ3) is 2.78. The van der Waals surface area contributed by atoms with Crippen molar-refractivity contribution in [3.8, 4) is 5.75 Å². The molecular formula is C14H22N2O. The summed E-state index contributed by atoms with van der Waals surface area (Å²) in [6.45, 7) is 3.16. The largest absolute Gasteiger partial charge is 0.495 e. The lowest BCUT2D eigenvalue weighted by Gasteiger charge is -2.26. The van der Waals surface area contributed by atoms with Gasteiger partial charge in [0.1, 0.15) is 5.75 Å². The summed E-state index contributed by atoms with van der Waals surface area (Å²) in [5, 5.41) is 3.61. The van der Waals surface area contributed by atoms with Crippen LogP contribution in [-0.4, -0.2) is 18.6 Å². The van der Waals surface area contributed by atoms with Crippen molar-refractivity contribution in [2.24, 2.45) is 5.92 Å². The Balaban J connectivity index is 2.24. The maximum atomic E-state index is 5.43. The molecule has 94 valence electrons. The molecule has 1 unspecified atom stereocenters. The van der Waals surface area contributed by atoms with E-state index in [0.29, 0.717) is 6.04 Å². The standard InChI is InChI=1S/C14H22N2O/c1-3-16-14(11-6-4-5-7-11)12-8-9-15-10-13(12)17-2/h8-11,14,16H,3-7H2,1-2H3. The Labute approximate surface area is 104 Å². The van der Waals surface area contributed by atoms with E-state index in [1.165, 1.54) is 31.2 Å². The number of ether oxygens (including phenoxy) is 1. The summed E-state index contributed by atoms with van der Waals surface area (Å²) in [6, 6.07) is 2.50. The molecule has 0 bridgehead atoms. The number of rotatable bonds is 5. The molecule has 0 aliphatic heterocycles. The fraction of sp³-hybridized carbons (Fsp3) is 0.643. The number of methoxy groups -OCH3 is 1. The van der Waals surface area contributed by atoms with Crippen molar-refractivity contribution in [1.82, 2.24) is 10.3 Å². The molecule has 1 N–H and O–H groups in total. The van der Waals surface area contributed by atoms with Gasteiger partial charge < -0.3 is 10.1 Å². The van der Waals surface area contributed by atoms with E-state index < -0.39 is 0 Å². The molecule has 2 rings (SSSR count). The monoisotopic (exact) mass is 234 g/mol. The van der Waals surface area contributed by atoms with Gasteiger partial charge >= 0.3 is 0 Å². The van der Waals surface area contributed by atoms with Crippen LogP contribution in [0.2, 0.25) is 0 Å². The minimum Gasteiger partial charge on any atom is -0.495 e. The first-order valence-corrected chi connectivity index (χ1v) is 6.58. The van der Waals surface area contributed by atoms with E-state index in [2.05, 4.69) is 23.3 Å². The Morgan fingerprint density at radius 1 is 1.47 bits per heavy atom. The molecule has 0 aromatic carbocycles. The average Bonchev–Trinajstić information content (AvgIpc) is 2.89. The molecule has 0 radical (unpaired) electrons. The van der Waals surface area contributed by atoms with Gasteiger partial charge in [-0.15, -0.1) is 0 Å². The first-order chi connectivity index (χ1) is 8.36. The highest BCUT2D eigenvalue weighted by atomic mass is 16.5. The van der Waals surface area contributed by atoms with Gasteiger partial charge in [-0.05, 0) is 31.4 Å². The Morgan fingerprint density at radius 3 is 2.88 bits per heavy atom. The minimum absolute atomic E-state index is 0.417. The summed E-state index contributed by atoms with van der Waals surface area (Å²) in [4.78, 5) is 4.13. The molecule has 1 heterocycles. The molecular weight excluding hydrogens is 212 g/mol. The van der Waals surface area contributed by atoms with Gasteiger partial charge in [-0.1, -0.05) is 19.8 Å². The summed E-state index contributed by atoms with van der Waals surface area (Å²) in [5.41, 5.74) is 1.26. The van der Waals surface area contributed by atoms with Gasteiger partial charge in [-0.3, -0.25) is 4.98 Å². The molecule has 17 heavy (non-hydrogen) atoms. The van der Waals surface area contributed by atoms with Crippen molar-refractivity contribution >= 4 is 0 Å². The molecule has 3 nitrogen and oxygen atoms in total. The molecule has 1 aliphatic rings. The van der Waals surface area contributed by atoms with E-state index in [4.69, 9.17) is 4.74 Å². The van der Waals surface area contributed by atoms with Crippen LogP contribution in [0.3, 0.4) is 0 Å². The number of pyridine rings is 1. The number of hydrogen-bond acceptors (Lipinski definition) is 3. The van der Waals surface area contributed by atoms with Crippen molar-refractivity contribution < 1.29 is 4.74 Å². The third-order valence-electron chi connectivity index (χ3n) is 3.67. The van der Waals surface area contributed by atoms with Crippen molar-refractivity contribution in [2.45, 2.75) is 38.6 Å². The minimum atomic E-state index is 0.417. The summed E-state index contributed by atoms with van der Waals surface area (Å²) in [7, 11) is 1.72. The summed E-state index contributed by atoms with van der Waals surface area (Å²) in [5.74, 6) is 1.65. The smallest absolute Gasteiger partial charge is 0.141 e. The highest BCUT2D eigenvalue weighted by Crippen LogP contribution is 2.38. The van der Waals surface area contributed by atoms with E-state index in [9.17, 15) is 0 Å².